The van der Waals surface area contributed by atoms with Crippen LogP contribution in [-0.2, 0) is 10.0 Å². The average molecular weight is 483 g/mol. The number of aryl methyl sites for hydroxylation is 1. The number of benzene rings is 2. The number of hydrogen-bond acceptors (Lipinski definition) is 4. The Hall–Kier alpha value is -3.13. The third-order valence-corrected chi connectivity index (χ3v) is 5.11. The summed E-state index contributed by atoms with van der Waals surface area (Å²) in [4.78, 5) is -1.15. The van der Waals surface area contributed by atoms with Crippen molar-refractivity contribution in [2.45, 2.75) is 24.6 Å². The van der Waals surface area contributed by atoms with Gasteiger partial charge in [0.1, 0.15) is 28.0 Å². The summed E-state index contributed by atoms with van der Waals surface area (Å²) in [6.45, 7) is 1.24. The lowest BCUT2D eigenvalue weighted by Crippen LogP contribution is -2.17. The second-order valence-electron chi connectivity index (χ2n) is 6.47. The van der Waals surface area contributed by atoms with Gasteiger partial charge in [-0.25, -0.2) is 35.8 Å². The lowest BCUT2D eigenvalue weighted by atomic mass is 10.1. The molecule has 0 atom stereocenters. The van der Waals surface area contributed by atoms with Gasteiger partial charge in [-0.15, -0.1) is 13.2 Å². The van der Waals surface area contributed by atoms with Gasteiger partial charge < -0.3 is 4.74 Å². The summed E-state index contributed by atoms with van der Waals surface area (Å²) in [7, 11) is -4.61. The fourth-order valence-corrected chi connectivity index (χ4v) is 3.44. The third kappa shape index (κ3) is 4.85. The Morgan fingerprint density at radius 2 is 1.72 bits per heavy atom. The van der Waals surface area contributed by atoms with Gasteiger partial charge in [0, 0.05) is 5.56 Å². The highest BCUT2D eigenvalue weighted by molar-refractivity contribution is 7.89. The minimum atomic E-state index is -4.97. The molecule has 2 aromatic carbocycles. The van der Waals surface area contributed by atoms with Crippen LogP contribution in [0, 0.1) is 18.6 Å². The lowest BCUT2D eigenvalue weighted by molar-refractivity contribution is -0.274. The van der Waals surface area contributed by atoms with Crippen LogP contribution in [0.25, 0.3) is 16.9 Å². The second kappa shape index (κ2) is 8.09. The number of sulfonamides is 1. The van der Waals surface area contributed by atoms with Crippen molar-refractivity contribution in [3.63, 3.8) is 0 Å². The molecule has 0 bridgehead atoms. The van der Waals surface area contributed by atoms with Gasteiger partial charge in [-0.05, 0) is 48.9 Å². The van der Waals surface area contributed by atoms with E-state index in [1.165, 1.54) is 6.92 Å². The minimum absolute atomic E-state index is 0.0592. The van der Waals surface area contributed by atoms with Gasteiger partial charge in [-0.2, -0.15) is 5.10 Å². The lowest BCUT2D eigenvalue weighted by Gasteiger charge is -2.14. The Morgan fingerprint density at radius 3 is 2.25 bits per heavy atom. The Kier molecular flexibility index (Phi) is 5.95. The summed E-state index contributed by atoms with van der Waals surface area (Å²) in [5.74, 6) is -3.33. The second-order valence-corrected chi connectivity index (χ2v) is 8.00. The number of alkyl halides is 5. The molecule has 32 heavy (non-hydrogen) atoms. The van der Waals surface area contributed by atoms with Crippen LogP contribution in [0.1, 0.15) is 17.7 Å². The number of hydrogen-bond donors (Lipinski definition) is 1. The van der Waals surface area contributed by atoms with E-state index in [-0.39, 0.29) is 17.3 Å². The SMILES string of the molecule is Cc1cc(-n2nc(C(F)F)cc2-c2cc(F)c(S(N)(=O)=O)cc2F)ccc1OC(F)(F)F. The topological polar surface area (TPSA) is 87.2 Å². The minimum Gasteiger partial charge on any atom is -0.406 e. The molecule has 0 aliphatic heterocycles. The number of nitrogens with zero attached hydrogens (tertiary/aromatic N) is 2. The molecule has 0 aliphatic carbocycles. The van der Waals surface area contributed by atoms with Crippen molar-refractivity contribution in [1.82, 2.24) is 9.78 Å². The Morgan fingerprint density at radius 1 is 1.06 bits per heavy atom. The van der Waals surface area contributed by atoms with Crippen LogP contribution < -0.4 is 9.88 Å². The van der Waals surface area contributed by atoms with E-state index in [1.807, 2.05) is 0 Å². The molecule has 0 saturated carbocycles. The van der Waals surface area contributed by atoms with Crippen LogP contribution in [0.5, 0.6) is 5.75 Å². The Labute approximate surface area is 176 Å². The maximum atomic E-state index is 14.6. The Balaban J connectivity index is 2.19. The zero-order chi connectivity index (χ0) is 24.0. The highest BCUT2D eigenvalue weighted by Gasteiger charge is 2.32. The van der Waals surface area contributed by atoms with Gasteiger partial charge in [0.15, 0.2) is 0 Å². The van der Waals surface area contributed by atoms with Crippen LogP contribution >= 0.6 is 0 Å². The normalized spacial score (nSPS) is 12.4. The van der Waals surface area contributed by atoms with Crippen molar-refractivity contribution in [1.29, 1.82) is 0 Å². The van der Waals surface area contributed by atoms with Crippen molar-refractivity contribution in [2.75, 3.05) is 0 Å². The molecule has 14 heteroatoms. The summed E-state index contributed by atoms with van der Waals surface area (Å²) in [6.07, 6.45) is -8.10. The maximum Gasteiger partial charge on any atom is 0.573 e. The molecule has 0 fully saturated rings. The zero-order valence-electron chi connectivity index (χ0n) is 15.8. The van der Waals surface area contributed by atoms with Gasteiger partial charge in [0.2, 0.25) is 10.0 Å². The fourth-order valence-electron chi connectivity index (χ4n) is 2.84. The van der Waals surface area contributed by atoms with Crippen LogP contribution in [-0.4, -0.2) is 24.6 Å². The molecular formula is C18H12F7N3O3S. The van der Waals surface area contributed by atoms with E-state index in [1.54, 1.807) is 0 Å². The van der Waals surface area contributed by atoms with E-state index in [2.05, 4.69) is 9.84 Å². The van der Waals surface area contributed by atoms with Gasteiger partial charge >= 0.3 is 6.36 Å². The molecule has 1 heterocycles. The van der Waals surface area contributed by atoms with Crippen LogP contribution in [0.4, 0.5) is 30.7 Å². The predicted molar refractivity (Wildman–Crippen MR) is 96.7 cm³/mol. The average Bonchev–Trinajstić information content (AvgIpc) is 3.08. The van der Waals surface area contributed by atoms with Crippen LogP contribution in [0.2, 0.25) is 0 Å². The van der Waals surface area contributed by atoms with Crippen molar-refractivity contribution in [2.24, 2.45) is 5.14 Å². The molecule has 1 aromatic heterocycles. The first-order valence-electron chi connectivity index (χ1n) is 8.44. The monoisotopic (exact) mass is 483 g/mol. The van der Waals surface area contributed by atoms with Crippen molar-refractivity contribution >= 4 is 10.0 Å². The molecule has 0 amide bonds. The summed E-state index contributed by atoms with van der Waals surface area (Å²) in [6, 6.07) is 4.48. The highest BCUT2D eigenvalue weighted by Crippen LogP contribution is 2.34. The summed E-state index contributed by atoms with van der Waals surface area (Å²) in [5.41, 5.74) is -2.03. The van der Waals surface area contributed by atoms with Crippen molar-refractivity contribution in [3.05, 3.63) is 59.3 Å². The maximum absolute atomic E-state index is 14.6. The fraction of sp³-hybridized carbons (Fsp3) is 0.167. The van der Waals surface area contributed by atoms with E-state index < -0.39 is 62.0 Å². The van der Waals surface area contributed by atoms with E-state index in [4.69, 9.17) is 5.14 Å². The molecule has 6 nitrogen and oxygen atoms in total. The van der Waals surface area contributed by atoms with Crippen molar-refractivity contribution in [3.8, 4) is 22.7 Å². The first-order valence-corrected chi connectivity index (χ1v) is 9.99. The number of ether oxygens (including phenoxy) is 1. The Bertz CT molecular complexity index is 1290. The van der Waals surface area contributed by atoms with Gasteiger partial charge in [0.05, 0.1) is 11.4 Å². The van der Waals surface area contributed by atoms with E-state index in [9.17, 15) is 39.2 Å². The van der Waals surface area contributed by atoms with E-state index in [0.29, 0.717) is 6.07 Å². The number of primary sulfonamides is 1. The van der Waals surface area contributed by atoms with Crippen LogP contribution in [0.15, 0.2) is 41.3 Å². The molecule has 0 unspecified atom stereocenters. The molecule has 0 saturated heterocycles. The first kappa shape index (κ1) is 23.5. The van der Waals surface area contributed by atoms with E-state index in [0.717, 1.165) is 28.9 Å². The zero-order valence-corrected chi connectivity index (χ0v) is 16.6. The molecule has 0 spiro atoms. The molecule has 172 valence electrons. The molecule has 3 aromatic rings. The summed E-state index contributed by atoms with van der Waals surface area (Å²) < 4.78 is 120. The van der Waals surface area contributed by atoms with Crippen molar-refractivity contribution < 1.29 is 43.9 Å². The largest absolute Gasteiger partial charge is 0.573 e. The van der Waals surface area contributed by atoms with E-state index >= 15 is 0 Å². The number of nitrogens with two attached hydrogens (primary N) is 1. The quantitative estimate of drug-likeness (QED) is 0.537. The first-order chi connectivity index (χ1) is 14.7. The highest BCUT2D eigenvalue weighted by atomic mass is 32.2. The van der Waals surface area contributed by atoms with Crippen LogP contribution in [0.3, 0.4) is 0 Å². The van der Waals surface area contributed by atoms with Gasteiger partial charge in [-0.3, -0.25) is 0 Å². The molecule has 3 rings (SSSR count). The number of aromatic nitrogens is 2. The predicted octanol–water partition coefficient (Wildman–Crippen LogP) is 4.61. The van der Waals surface area contributed by atoms with Gasteiger partial charge in [-0.1, -0.05) is 0 Å². The standard InChI is InChI=1S/C18H12F7N3O3S/c1-8-4-9(2-3-15(8)31-18(23,24)25)28-14(7-13(27-28)17(21)22)10-5-12(20)16(6-11(10)19)32(26,29)30/h2-7,17H,1H3,(H2,26,29,30). The molecular weight excluding hydrogens is 471 g/mol. The number of halogens is 7. The molecule has 0 radical (unpaired) electrons. The number of rotatable bonds is 5. The smallest absolute Gasteiger partial charge is 0.406 e. The summed E-state index contributed by atoms with van der Waals surface area (Å²) >= 11 is 0. The molecule has 2 N–H and O–H groups in total. The summed E-state index contributed by atoms with van der Waals surface area (Å²) in [5, 5.41) is 8.43. The van der Waals surface area contributed by atoms with Gasteiger partial charge in [0.25, 0.3) is 6.43 Å². The third-order valence-electron chi connectivity index (χ3n) is 4.18. The molecule has 0 aliphatic rings.